The number of benzene rings is 1. The Bertz CT molecular complexity index is 399. The van der Waals surface area contributed by atoms with Crippen LogP contribution in [0, 0.1) is 0 Å². The monoisotopic (exact) mass is 300 g/mol. The van der Waals surface area contributed by atoms with Gasteiger partial charge in [0.05, 0.1) is 13.5 Å². The average molecular weight is 301 g/mol. The molecule has 4 nitrogen and oxygen atoms in total. The van der Waals surface area contributed by atoms with E-state index in [-0.39, 0.29) is 6.42 Å². The standard InChI is InChI=1S/C12H13BrO4/c1-8(14)17-11(7-12(15)16-2)9-3-5-10(13)6-4-9/h3-6,11H,7H2,1-2H3. The lowest BCUT2D eigenvalue weighted by Gasteiger charge is -2.16. The van der Waals surface area contributed by atoms with Gasteiger partial charge in [-0.05, 0) is 17.7 Å². The van der Waals surface area contributed by atoms with Crippen LogP contribution in [0.4, 0.5) is 0 Å². The van der Waals surface area contributed by atoms with Crippen molar-refractivity contribution in [2.75, 3.05) is 7.11 Å². The van der Waals surface area contributed by atoms with E-state index in [2.05, 4.69) is 20.7 Å². The van der Waals surface area contributed by atoms with Gasteiger partial charge in [0.2, 0.25) is 0 Å². The van der Waals surface area contributed by atoms with E-state index < -0.39 is 18.0 Å². The van der Waals surface area contributed by atoms with Gasteiger partial charge in [0.15, 0.2) is 0 Å². The summed E-state index contributed by atoms with van der Waals surface area (Å²) in [5.74, 6) is -0.846. The molecule has 0 aliphatic carbocycles. The van der Waals surface area contributed by atoms with Gasteiger partial charge < -0.3 is 9.47 Å². The lowest BCUT2D eigenvalue weighted by molar-refractivity contribution is -0.152. The Labute approximate surface area is 108 Å². The molecule has 0 amide bonds. The first kappa shape index (κ1) is 13.7. The van der Waals surface area contributed by atoms with E-state index in [4.69, 9.17) is 4.74 Å². The Morgan fingerprint density at radius 3 is 2.35 bits per heavy atom. The summed E-state index contributed by atoms with van der Waals surface area (Å²) < 4.78 is 10.6. The molecule has 0 spiro atoms. The number of rotatable bonds is 4. The number of hydrogen-bond acceptors (Lipinski definition) is 4. The first-order valence-electron chi connectivity index (χ1n) is 5.02. The number of hydrogen-bond donors (Lipinski definition) is 0. The van der Waals surface area contributed by atoms with Crippen LogP contribution in [0.25, 0.3) is 0 Å². The Morgan fingerprint density at radius 2 is 1.88 bits per heavy atom. The zero-order valence-electron chi connectivity index (χ0n) is 9.60. The summed E-state index contributed by atoms with van der Waals surface area (Å²) in [6.07, 6.45) is -0.592. The van der Waals surface area contributed by atoms with Gasteiger partial charge in [0, 0.05) is 11.4 Å². The highest BCUT2D eigenvalue weighted by molar-refractivity contribution is 9.10. The molecule has 0 bridgehead atoms. The molecule has 0 heterocycles. The minimum absolute atomic E-state index is 0.0116. The van der Waals surface area contributed by atoms with Crippen molar-refractivity contribution in [1.29, 1.82) is 0 Å². The highest BCUT2D eigenvalue weighted by Gasteiger charge is 2.19. The fourth-order valence-electron chi connectivity index (χ4n) is 1.34. The smallest absolute Gasteiger partial charge is 0.309 e. The van der Waals surface area contributed by atoms with Gasteiger partial charge in [-0.2, -0.15) is 0 Å². The van der Waals surface area contributed by atoms with Gasteiger partial charge in [-0.25, -0.2) is 0 Å². The van der Waals surface area contributed by atoms with E-state index in [1.165, 1.54) is 14.0 Å². The molecule has 1 unspecified atom stereocenters. The maximum absolute atomic E-state index is 11.2. The normalized spacial score (nSPS) is 11.7. The molecule has 92 valence electrons. The van der Waals surface area contributed by atoms with Crippen LogP contribution in [0.2, 0.25) is 0 Å². The largest absolute Gasteiger partial charge is 0.469 e. The quantitative estimate of drug-likeness (QED) is 0.802. The zero-order chi connectivity index (χ0) is 12.8. The van der Waals surface area contributed by atoms with Crippen LogP contribution in [0.5, 0.6) is 0 Å². The SMILES string of the molecule is COC(=O)CC(OC(C)=O)c1ccc(Br)cc1. The van der Waals surface area contributed by atoms with Crippen molar-refractivity contribution in [2.45, 2.75) is 19.4 Å². The lowest BCUT2D eigenvalue weighted by atomic mass is 10.1. The van der Waals surface area contributed by atoms with E-state index in [0.29, 0.717) is 0 Å². The molecule has 1 aromatic rings. The second-order valence-corrected chi connectivity index (χ2v) is 4.35. The molecular weight excluding hydrogens is 288 g/mol. The molecule has 5 heteroatoms. The average Bonchev–Trinajstić information content (AvgIpc) is 2.28. The van der Waals surface area contributed by atoms with Gasteiger partial charge in [0.25, 0.3) is 0 Å². The summed E-state index contributed by atoms with van der Waals surface area (Å²) in [5.41, 5.74) is 0.758. The second kappa shape index (κ2) is 6.39. The van der Waals surface area contributed by atoms with E-state index in [9.17, 15) is 9.59 Å². The molecule has 0 saturated carbocycles. The van der Waals surface area contributed by atoms with E-state index in [0.717, 1.165) is 10.0 Å². The van der Waals surface area contributed by atoms with Crippen LogP contribution in [0.15, 0.2) is 28.7 Å². The van der Waals surface area contributed by atoms with Crippen molar-refractivity contribution in [3.8, 4) is 0 Å². The van der Waals surface area contributed by atoms with Crippen molar-refractivity contribution in [1.82, 2.24) is 0 Å². The van der Waals surface area contributed by atoms with Gasteiger partial charge in [-0.3, -0.25) is 9.59 Å². The Balaban J connectivity index is 2.85. The van der Waals surface area contributed by atoms with Crippen molar-refractivity contribution < 1.29 is 19.1 Å². The molecule has 1 aromatic carbocycles. The van der Waals surface area contributed by atoms with Crippen molar-refractivity contribution in [2.24, 2.45) is 0 Å². The second-order valence-electron chi connectivity index (χ2n) is 3.43. The van der Waals surface area contributed by atoms with Crippen molar-refractivity contribution in [3.05, 3.63) is 34.3 Å². The van der Waals surface area contributed by atoms with Gasteiger partial charge in [-0.1, -0.05) is 28.1 Å². The molecular formula is C12H13BrO4. The van der Waals surface area contributed by atoms with Crippen LogP contribution >= 0.6 is 15.9 Å². The van der Waals surface area contributed by atoms with Crippen LogP contribution in [0.1, 0.15) is 25.0 Å². The molecule has 17 heavy (non-hydrogen) atoms. The van der Waals surface area contributed by atoms with E-state index in [1.54, 1.807) is 12.1 Å². The number of carbonyl (C=O) groups excluding carboxylic acids is 2. The highest BCUT2D eigenvalue weighted by atomic mass is 79.9. The summed E-state index contributed by atoms with van der Waals surface area (Å²) in [6.45, 7) is 1.31. The number of halogens is 1. The zero-order valence-corrected chi connectivity index (χ0v) is 11.2. The predicted molar refractivity (Wildman–Crippen MR) is 65.3 cm³/mol. The predicted octanol–water partition coefficient (Wildman–Crippen LogP) is 2.62. The molecule has 1 rings (SSSR count). The molecule has 0 aliphatic heterocycles. The molecule has 0 radical (unpaired) electrons. The van der Waals surface area contributed by atoms with Crippen molar-refractivity contribution in [3.63, 3.8) is 0 Å². The molecule has 0 aromatic heterocycles. The summed E-state index contributed by atoms with van der Waals surface area (Å²) in [4.78, 5) is 22.2. The minimum Gasteiger partial charge on any atom is -0.469 e. The maximum atomic E-state index is 11.2. The van der Waals surface area contributed by atoms with Crippen LogP contribution in [-0.4, -0.2) is 19.0 Å². The van der Waals surface area contributed by atoms with Crippen LogP contribution in [0.3, 0.4) is 0 Å². The molecule has 0 saturated heterocycles. The fourth-order valence-corrected chi connectivity index (χ4v) is 1.60. The molecule has 0 fully saturated rings. The molecule has 0 N–H and O–H groups in total. The summed E-state index contributed by atoms with van der Waals surface area (Å²) in [6, 6.07) is 7.23. The van der Waals surface area contributed by atoms with E-state index >= 15 is 0 Å². The first-order chi connectivity index (χ1) is 8.02. The van der Waals surface area contributed by atoms with Crippen LogP contribution in [-0.2, 0) is 19.1 Å². The summed E-state index contributed by atoms with van der Waals surface area (Å²) in [7, 11) is 1.30. The summed E-state index contributed by atoms with van der Waals surface area (Å²) in [5, 5.41) is 0. The number of carbonyl (C=O) groups is 2. The number of esters is 2. The Kier molecular flexibility index (Phi) is 5.15. The maximum Gasteiger partial charge on any atom is 0.309 e. The fraction of sp³-hybridized carbons (Fsp3) is 0.333. The van der Waals surface area contributed by atoms with Gasteiger partial charge >= 0.3 is 11.9 Å². The Morgan fingerprint density at radius 1 is 1.29 bits per heavy atom. The molecule has 0 aliphatic rings. The number of methoxy groups -OCH3 is 1. The summed E-state index contributed by atoms with van der Waals surface area (Å²) >= 11 is 3.31. The van der Waals surface area contributed by atoms with Gasteiger partial charge in [-0.15, -0.1) is 0 Å². The highest BCUT2D eigenvalue weighted by Crippen LogP contribution is 2.23. The lowest BCUT2D eigenvalue weighted by Crippen LogP contribution is -2.14. The number of ether oxygens (including phenoxy) is 2. The van der Waals surface area contributed by atoms with Crippen molar-refractivity contribution >= 4 is 27.9 Å². The molecule has 1 atom stereocenters. The van der Waals surface area contributed by atoms with Gasteiger partial charge in [0.1, 0.15) is 6.10 Å². The Hall–Kier alpha value is -1.36. The third kappa shape index (κ3) is 4.56. The minimum atomic E-state index is -0.604. The first-order valence-corrected chi connectivity index (χ1v) is 5.81. The topological polar surface area (TPSA) is 52.6 Å². The third-order valence-corrected chi connectivity index (χ3v) is 2.66. The third-order valence-electron chi connectivity index (χ3n) is 2.13. The van der Waals surface area contributed by atoms with Crippen LogP contribution < -0.4 is 0 Å². The van der Waals surface area contributed by atoms with E-state index in [1.807, 2.05) is 12.1 Å².